The second kappa shape index (κ2) is 8.35. The first-order valence-corrected chi connectivity index (χ1v) is 6.73. The maximum Gasteiger partial charge on any atom is 0.124 e. The second-order valence-corrected chi connectivity index (χ2v) is 4.77. The van der Waals surface area contributed by atoms with Gasteiger partial charge in [-0.25, -0.2) is 0 Å². The molecule has 0 unspecified atom stereocenters. The molecule has 0 heterocycles. The zero-order valence-electron chi connectivity index (χ0n) is 11.3. The quantitative estimate of drug-likeness (QED) is 0.736. The van der Waals surface area contributed by atoms with Crippen LogP contribution < -0.4 is 10.1 Å². The Kier molecular flexibility index (Phi) is 7.09. The molecule has 0 amide bonds. The molecule has 0 aliphatic rings. The molecule has 1 N–H and O–H groups in total. The van der Waals surface area contributed by atoms with Crippen LogP contribution in [0.25, 0.3) is 0 Å². The Morgan fingerprint density at radius 2 is 2.06 bits per heavy atom. The maximum absolute atomic E-state index is 6.01. The third kappa shape index (κ3) is 5.71. The van der Waals surface area contributed by atoms with Gasteiger partial charge in [-0.05, 0) is 25.1 Å². The zero-order chi connectivity index (χ0) is 13.4. The molecule has 0 aliphatic heterocycles. The van der Waals surface area contributed by atoms with E-state index < -0.39 is 0 Å². The van der Waals surface area contributed by atoms with Gasteiger partial charge in [0.25, 0.3) is 0 Å². The molecule has 3 nitrogen and oxygen atoms in total. The Balaban J connectivity index is 2.58. The van der Waals surface area contributed by atoms with Gasteiger partial charge in [-0.3, -0.25) is 0 Å². The number of halogens is 1. The summed E-state index contributed by atoms with van der Waals surface area (Å²) in [6.45, 7) is 8.83. The summed E-state index contributed by atoms with van der Waals surface area (Å²) in [5, 5.41) is 4.09. The summed E-state index contributed by atoms with van der Waals surface area (Å²) in [5.41, 5.74) is 1.08. The highest BCUT2D eigenvalue weighted by Gasteiger charge is 2.05. The SMILES string of the molecule is CCOCCOc1ccc(Cl)cc1CNC(C)C. The highest BCUT2D eigenvalue weighted by molar-refractivity contribution is 6.30. The summed E-state index contributed by atoms with van der Waals surface area (Å²) in [7, 11) is 0. The third-order valence-electron chi connectivity index (χ3n) is 2.41. The van der Waals surface area contributed by atoms with Crippen molar-refractivity contribution in [3.63, 3.8) is 0 Å². The Morgan fingerprint density at radius 3 is 2.72 bits per heavy atom. The highest BCUT2D eigenvalue weighted by Crippen LogP contribution is 2.23. The van der Waals surface area contributed by atoms with Crippen LogP contribution in [-0.2, 0) is 11.3 Å². The molecule has 0 saturated heterocycles. The zero-order valence-corrected chi connectivity index (χ0v) is 12.1. The van der Waals surface area contributed by atoms with Crippen LogP contribution in [0.4, 0.5) is 0 Å². The monoisotopic (exact) mass is 271 g/mol. The van der Waals surface area contributed by atoms with Crippen molar-refractivity contribution in [2.24, 2.45) is 0 Å². The predicted octanol–water partition coefficient (Wildman–Crippen LogP) is 3.25. The molecule has 0 aromatic heterocycles. The summed E-state index contributed by atoms with van der Waals surface area (Å²) in [6, 6.07) is 6.12. The Labute approximate surface area is 114 Å². The van der Waals surface area contributed by atoms with E-state index in [1.165, 1.54) is 0 Å². The van der Waals surface area contributed by atoms with Crippen molar-refractivity contribution in [2.45, 2.75) is 33.4 Å². The lowest BCUT2D eigenvalue weighted by molar-refractivity contribution is 0.110. The third-order valence-corrected chi connectivity index (χ3v) is 2.65. The van der Waals surface area contributed by atoms with Crippen molar-refractivity contribution in [3.05, 3.63) is 28.8 Å². The molecule has 102 valence electrons. The summed E-state index contributed by atoms with van der Waals surface area (Å²) < 4.78 is 11.0. The van der Waals surface area contributed by atoms with Gasteiger partial charge in [0, 0.05) is 29.8 Å². The molecule has 0 radical (unpaired) electrons. The van der Waals surface area contributed by atoms with E-state index in [-0.39, 0.29) is 0 Å². The van der Waals surface area contributed by atoms with Crippen molar-refractivity contribution in [2.75, 3.05) is 19.8 Å². The van der Waals surface area contributed by atoms with Crippen LogP contribution in [0.1, 0.15) is 26.3 Å². The van der Waals surface area contributed by atoms with Crippen LogP contribution in [0.2, 0.25) is 5.02 Å². The van der Waals surface area contributed by atoms with Gasteiger partial charge >= 0.3 is 0 Å². The molecule has 1 aromatic rings. The fraction of sp³-hybridized carbons (Fsp3) is 0.571. The first kappa shape index (κ1) is 15.3. The minimum atomic E-state index is 0.431. The van der Waals surface area contributed by atoms with Gasteiger partial charge in [0.1, 0.15) is 12.4 Å². The lowest BCUT2D eigenvalue weighted by Crippen LogP contribution is -2.22. The van der Waals surface area contributed by atoms with Gasteiger partial charge in [0.2, 0.25) is 0 Å². The van der Waals surface area contributed by atoms with Crippen LogP contribution >= 0.6 is 11.6 Å². The number of ether oxygens (including phenoxy) is 2. The van der Waals surface area contributed by atoms with Crippen molar-refractivity contribution < 1.29 is 9.47 Å². The van der Waals surface area contributed by atoms with E-state index in [0.29, 0.717) is 25.9 Å². The maximum atomic E-state index is 6.01. The average molecular weight is 272 g/mol. The van der Waals surface area contributed by atoms with E-state index in [4.69, 9.17) is 21.1 Å². The molecule has 4 heteroatoms. The van der Waals surface area contributed by atoms with Gasteiger partial charge < -0.3 is 14.8 Å². The number of rotatable bonds is 8. The highest BCUT2D eigenvalue weighted by atomic mass is 35.5. The van der Waals surface area contributed by atoms with Gasteiger partial charge in [-0.1, -0.05) is 25.4 Å². The molecule has 0 saturated carbocycles. The molecule has 0 aliphatic carbocycles. The number of benzene rings is 1. The topological polar surface area (TPSA) is 30.5 Å². The number of hydrogen-bond donors (Lipinski definition) is 1. The van der Waals surface area contributed by atoms with E-state index in [0.717, 1.165) is 22.9 Å². The van der Waals surface area contributed by atoms with Gasteiger partial charge in [-0.15, -0.1) is 0 Å². The molecular formula is C14H22ClNO2. The van der Waals surface area contributed by atoms with Crippen LogP contribution in [0, 0.1) is 0 Å². The molecule has 0 atom stereocenters. The average Bonchev–Trinajstić information content (AvgIpc) is 2.34. The summed E-state index contributed by atoms with van der Waals surface area (Å²) in [5.74, 6) is 0.868. The minimum absolute atomic E-state index is 0.431. The van der Waals surface area contributed by atoms with Crippen LogP contribution in [0.3, 0.4) is 0 Å². The standard InChI is InChI=1S/C14H22ClNO2/c1-4-17-7-8-18-14-6-5-13(15)9-12(14)10-16-11(2)3/h5-6,9,11,16H,4,7-8,10H2,1-3H3. The minimum Gasteiger partial charge on any atom is -0.491 e. The molecule has 0 fully saturated rings. The Hall–Kier alpha value is -0.770. The molecule has 0 spiro atoms. The number of hydrogen-bond acceptors (Lipinski definition) is 3. The van der Waals surface area contributed by atoms with Crippen LogP contribution in [0.15, 0.2) is 18.2 Å². The molecule has 1 rings (SSSR count). The van der Waals surface area contributed by atoms with Crippen LogP contribution in [0.5, 0.6) is 5.75 Å². The van der Waals surface area contributed by atoms with Crippen molar-refractivity contribution >= 4 is 11.6 Å². The summed E-state index contributed by atoms with van der Waals surface area (Å²) >= 11 is 6.01. The molecule has 1 aromatic carbocycles. The number of nitrogens with one attached hydrogen (secondary N) is 1. The molecular weight excluding hydrogens is 250 g/mol. The van der Waals surface area contributed by atoms with Gasteiger partial charge in [-0.2, -0.15) is 0 Å². The first-order valence-electron chi connectivity index (χ1n) is 6.35. The predicted molar refractivity (Wildman–Crippen MR) is 75.4 cm³/mol. The van der Waals surface area contributed by atoms with E-state index in [1.807, 2.05) is 25.1 Å². The summed E-state index contributed by atoms with van der Waals surface area (Å²) in [6.07, 6.45) is 0. The fourth-order valence-corrected chi connectivity index (χ4v) is 1.69. The van der Waals surface area contributed by atoms with E-state index in [1.54, 1.807) is 0 Å². The van der Waals surface area contributed by atoms with Crippen molar-refractivity contribution in [1.82, 2.24) is 5.32 Å². The lowest BCUT2D eigenvalue weighted by Gasteiger charge is -2.14. The van der Waals surface area contributed by atoms with E-state index in [2.05, 4.69) is 19.2 Å². The van der Waals surface area contributed by atoms with Gasteiger partial charge in [0.15, 0.2) is 0 Å². The normalized spacial score (nSPS) is 10.9. The van der Waals surface area contributed by atoms with Gasteiger partial charge in [0.05, 0.1) is 6.61 Å². The lowest BCUT2D eigenvalue weighted by atomic mass is 10.2. The molecule has 0 bridgehead atoms. The van der Waals surface area contributed by atoms with E-state index >= 15 is 0 Å². The van der Waals surface area contributed by atoms with Crippen LogP contribution in [-0.4, -0.2) is 25.9 Å². The first-order chi connectivity index (χ1) is 8.63. The van der Waals surface area contributed by atoms with Crippen molar-refractivity contribution in [3.8, 4) is 5.75 Å². The largest absolute Gasteiger partial charge is 0.491 e. The molecule has 18 heavy (non-hydrogen) atoms. The smallest absolute Gasteiger partial charge is 0.124 e. The Morgan fingerprint density at radius 1 is 1.28 bits per heavy atom. The van der Waals surface area contributed by atoms with E-state index in [9.17, 15) is 0 Å². The second-order valence-electron chi connectivity index (χ2n) is 4.33. The Bertz CT molecular complexity index is 356. The van der Waals surface area contributed by atoms with Crippen molar-refractivity contribution in [1.29, 1.82) is 0 Å². The summed E-state index contributed by atoms with van der Waals surface area (Å²) in [4.78, 5) is 0. The fourth-order valence-electron chi connectivity index (χ4n) is 1.50.